The molecule has 31 heavy (non-hydrogen) atoms. The van der Waals surface area contributed by atoms with Crippen molar-refractivity contribution in [3.05, 3.63) is 12.4 Å². The molecule has 0 amide bonds. The van der Waals surface area contributed by atoms with Crippen molar-refractivity contribution in [1.29, 1.82) is 0 Å². The van der Waals surface area contributed by atoms with Crippen LogP contribution in [0.15, 0.2) is 12.4 Å². The molecule has 8 nitrogen and oxygen atoms in total. The van der Waals surface area contributed by atoms with Crippen LogP contribution in [-0.2, 0) is 33.9 Å². The van der Waals surface area contributed by atoms with E-state index in [1.165, 1.54) is 0 Å². The first kappa shape index (κ1) is 29.0. The molecular formula is C14H16F8O8S. The van der Waals surface area contributed by atoms with Crippen LogP contribution in [0.1, 0.15) is 27.2 Å². The lowest BCUT2D eigenvalue weighted by Crippen LogP contribution is -2.60. The summed E-state index contributed by atoms with van der Waals surface area (Å²) in [7, 11) is -6.72. The van der Waals surface area contributed by atoms with E-state index in [1.807, 2.05) is 0 Å². The zero-order chi connectivity index (χ0) is 25.3. The smallest absolute Gasteiger partial charge is 0.455 e. The van der Waals surface area contributed by atoms with E-state index in [0.29, 0.717) is 0 Å². The Kier molecular flexibility index (Phi) is 8.28. The highest BCUT2D eigenvalue weighted by atomic mass is 32.2. The Morgan fingerprint density at radius 2 is 1.42 bits per heavy atom. The molecule has 17 heteroatoms. The van der Waals surface area contributed by atoms with Crippen LogP contribution >= 0.6 is 0 Å². The second-order valence-corrected chi connectivity index (χ2v) is 8.17. The van der Waals surface area contributed by atoms with E-state index in [9.17, 15) is 53.1 Å². The number of esters is 2. The van der Waals surface area contributed by atoms with E-state index < -0.39 is 69.7 Å². The van der Waals surface area contributed by atoms with Crippen LogP contribution in [0.4, 0.5) is 35.1 Å². The topological polar surface area (TPSA) is 116 Å². The lowest BCUT2D eigenvalue weighted by molar-refractivity contribution is -0.359. The maximum Gasteiger partial charge on any atom is 0.468 e. The second kappa shape index (κ2) is 8.85. The number of halogens is 8. The predicted molar refractivity (Wildman–Crippen MR) is 83.0 cm³/mol. The van der Waals surface area contributed by atoms with Crippen LogP contribution in [0.2, 0.25) is 0 Å². The molecule has 1 atom stereocenters. The Morgan fingerprint density at radius 1 is 0.968 bits per heavy atom. The molecule has 0 saturated carbocycles. The fourth-order valence-electron chi connectivity index (χ4n) is 1.57. The summed E-state index contributed by atoms with van der Waals surface area (Å²) in [6, 6.07) is 0. The van der Waals surface area contributed by atoms with Gasteiger partial charge in [0.15, 0.2) is 0 Å². The minimum absolute atomic E-state index is 1.02. The van der Waals surface area contributed by atoms with E-state index in [-0.39, 0.29) is 0 Å². The highest BCUT2D eigenvalue weighted by Crippen LogP contribution is 2.42. The lowest BCUT2D eigenvalue weighted by atomic mass is 10.1. The Morgan fingerprint density at radius 3 is 1.74 bits per heavy atom. The molecule has 0 fully saturated rings. The Bertz CT molecular complexity index is 815. The van der Waals surface area contributed by atoms with Gasteiger partial charge in [-0.1, -0.05) is 6.58 Å². The summed E-state index contributed by atoms with van der Waals surface area (Å²) < 4.78 is 148. The van der Waals surface area contributed by atoms with Gasteiger partial charge in [-0.05, 0) is 20.8 Å². The molecule has 182 valence electrons. The largest absolute Gasteiger partial charge is 0.468 e. The van der Waals surface area contributed by atoms with Gasteiger partial charge >= 0.3 is 45.2 Å². The summed E-state index contributed by atoms with van der Waals surface area (Å²) in [5.74, 6) is -18.0. The van der Waals surface area contributed by atoms with E-state index in [0.717, 1.165) is 20.8 Å². The molecule has 0 aromatic heterocycles. The lowest BCUT2D eigenvalue weighted by Gasteiger charge is -2.34. The maximum atomic E-state index is 13.5. The first-order valence-corrected chi connectivity index (χ1v) is 9.10. The van der Waals surface area contributed by atoms with Gasteiger partial charge in [0.2, 0.25) is 5.83 Å². The van der Waals surface area contributed by atoms with Crippen LogP contribution in [0.5, 0.6) is 0 Å². The van der Waals surface area contributed by atoms with E-state index >= 15 is 0 Å². The summed E-state index contributed by atoms with van der Waals surface area (Å²) in [5, 5.41) is -6.17. The van der Waals surface area contributed by atoms with Crippen molar-refractivity contribution in [2.45, 2.75) is 55.9 Å². The summed E-state index contributed by atoms with van der Waals surface area (Å²) in [6.07, 6.45) is -8.68. The van der Waals surface area contributed by atoms with Crippen molar-refractivity contribution in [1.82, 2.24) is 0 Å². The van der Waals surface area contributed by atoms with Crippen LogP contribution < -0.4 is 0 Å². The summed E-state index contributed by atoms with van der Waals surface area (Å²) in [5.41, 5.74) is -1.74. The fourth-order valence-corrected chi connectivity index (χ4v) is 2.05. The van der Waals surface area contributed by atoms with E-state index in [4.69, 9.17) is 4.55 Å². The molecule has 0 aromatic rings. The molecule has 0 rings (SSSR count). The minimum atomic E-state index is -6.72. The van der Waals surface area contributed by atoms with Crippen LogP contribution in [0.25, 0.3) is 0 Å². The maximum absolute atomic E-state index is 13.5. The fraction of sp³-hybridized carbons (Fsp3) is 0.714. The van der Waals surface area contributed by atoms with Crippen molar-refractivity contribution in [3.63, 3.8) is 0 Å². The van der Waals surface area contributed by atoms with Crippen molar-refractivity contribution >= 4 is 22.1 Å². The zero-order valence-electron chi connectivity index (χ0n) is 15.9. The molecule has 0 bridgehead atoms. The number of ether oxygens (including phenoxy) is 3. The first-order valence-electron chi connectivity index (χ1n) is 7.66. The summed E-state index contributed by atoms with van der Waals surface area (Å²) >= 11 is 0. The van der Waals surface area contributed by atoms with E-state index in [2.05, 4.69) is 20.8 Å². The average molecular weight is 496 g/mol. The van der Waals surface area contributed by atoms with Gasteiger partial charge in [-0.3, -0.25) is 4.55 Å². The highest BCUT2D eigenvalue weighted by Gasteiger charge is 2.70. The van der Waals surface area contributed by atoms with Crippen molar-refractivity contribution in [2.75, 3.05) is 6.61 Å². The van der Waals surface area contributed by atoms with Gasteiger partial charge in [0.1, 0.15) is 5.60 Å². The van der Waals surface area contributed by atoms with Gasteiger partial charge in [0, 0.05) is 6.42 Å². The standard InChI is InChI=1S/C14H16F8O8S/c1-7(15)8(23)29-12(13(18,19)20,9(24)30-10(2,3)4)28-6-5-11(16,17)14(21,22)31(25,26)27/h1,5-6H2,2-4H3,(H,25,26,27). The van der Waals surface area contributed by atoms with Gasteiger partial charge in [0.05, 0.1) is 6.61 Å². The number of rotatable bonds is 9. The Labute approximate surface area is 169 Å². The molecule has 1 unspecified atom stereocenters. The number of hydrogen-bond acceptors (Lipinski definition) is 7. The molecule has 0 heterocycles. The summed E-state index contributed by atoms with van der Waals surface area (Å²) in [4.78, 5) is 23.3. The Hall–Kier alpha value is -2.01. The van der Waals surface area contributed by atoms with Crippen LogP contribution in [0.3, 0.4) is 0 Å². The molecule has 0 spiro atoms. The number of carbonyl (C=O) groups is 2. The van der Waals surface area contributed by atoms with Gasteiger partial charge < -0.3 is 14.2 Å². The highest BCUT2D eigenvalue weighted by molar-refractivity contribution is 7.87. The van der Waals surface area contributed by atoms with Crippen LogP contribution in [-0.4, -0.2) is 60.3 Å². The molecule has 0 aliphatic carbocycles. The first-order chi connectivity index (χ1) is 13.4. The van der Waals surface area contributed by atoms with Gasteiger partial charge in [-0.15, -0.1) is 0 Å². The summed E-state index contributed by atoms with van der Waals surface area (Å²) in [6.45, 7) is 3.13. The van der Waals surface area contributed by atoms with Gasteiger partial charge in [-0.2, -0.15) is 43.5 Å². The van der Waals surface area contributed by atoms with Crippen molar-refractivity contribution in [2.24, 2.45) is 0 Å². The number of hydrogen-bond donors (Lipinski definition) is 1. The average Bonchev–Trinajstić information content (AvgIpc) is 2.49. The second-order valence-electron chi connectivity index (χ2n) is 6.71. The third-order valence-electron chi connectivity index (χ3n) is 2.97. The van der Waals surface area contributed by atoms with E-state index in [1.54, 1.807) is 0 Å². The normalized spacial score (nSPS) is 15.7. The molecule has 0 aliphatic rings. The van der Waals surface area contributed by atoms with Gasteiger partial charge in [0.25, 0.3) is 0 Å². The molecule has 1 N–H and O–H groups in total. The molecular weight excluding hydrogens is 480 g/mol. The molecule has 0 aliphatic heterocycles. The number of alkyl halides is 7. The minimum Gasteiger partial charge on any atom is -0.455 e. The van der Waals surface area contributed by atoms with Crippen LogP contribution in [0, 0.1) is 0 Å². The van der Waals surface area contributed by atoms with Gasteiger partial charge in [-0.25, -0.2) is 9.59 Å². The quantitative estimate of drug-likeness (QED) is 0.170. The molecule has 0 aromatic carbocycles. The molecule has 0 radical (unpaired) electrons. The Balaban J connectivity index is 6.14. The van der Waals surface area contributed by atoms with Crippen molar-refractivity contribution in [3.8, 4) is 0 Å². The monoisotopic (exact) mass is 496 g/mol. The number of carbonyl (C=O) groups excluding carboxylic acids is 2. The SMILES string of the molecule is C=C(F)C(=O)OC(OCCC(F)(F)C(F)(F)S(=O)(=O)O)(C(=O)OC(C)(C)C)C(F)(F)F. The third-order valence-corrected chi connectivity index (χ3v) is 3.92. The van der Waals surface area contributed by atoms with Crippen molar-refractivity contribution < 1.29 is 71.9 Å². The predicted octanol–water partition coefficient (Wildman–Crippen LogP) is 3.14. The third kappa shape index (κ3) is 6.73. The zero-order valence-corrected chi connectivity index (χ0v) is 16.7. The molecule has 0 saturated heterocycles.